The van der Waals surface area contributed by atoms with E-state index in [1.54, 1.807) is 16.2 Å². The van der Waals surface area contributed by atoms with Gasteiger partial charge in [0, 0.05) is 87.2 Å². The molecule has 5 heterocycles. The molecule has 1 fully saturated rings. The zero-order chi connectivity index (χ0) is 34.5. The molecule has 0 radical (unpaired) electrons. The smallest absolute Gasteiger partial charge is 0.220 e. The molecule has 6 aromatic rings. The highest BCUT2D eigenvalue weighted by Crippen LogP contribution is 2.41. The Morgan fingerprint density at radius 1 is 1.04 bits per heavy atom. The van der Waals surface area contributed by atoms with E-state index < -0.39 is 8.07 Å². The predicted octanol–water partition coefficient (Wildman–Crippen LogP) is 6.71. The Bertz CT molecular complexity index is 2010. The number of hydrogen-bond donors (Lipinski definition) is 2. The van der Waals surface area contributed by atoms with Gasteiger partial charge in [0.2, 0.25) is 5.95 Å². The van der Waals surface area contributed by atoms with Gasteiger partial charge in [0.15, 0.2) is 0 Å². The summed E-state index contributed by atoms with van der Waals surface area (Å²) in [5, 5.41) is 13.6. The summed E-state index contributed by atoms with van der Waals surface area (Å²) in [6, 6.07) is 16.5. The highest BCUT2D eigenvalue weighted by molar-refractivity contribution is 7.22. The average Bonchev–Trinajstić information content (AvgIpc) is 3.81. The Morgan fingerprint density at radius 3 is 2.55 bits per heavy atom. The molecule has 0 atom stereocenters. The molecule has 0 bridgehead atoms. The number of benzene rings is 2. The van der Waals surface area contributed by atoms with Crippen molar-refractivity contribution in [3.05, 3.63) is 61.1 Å². The number of hydrogen-bond acceptors (Lipinski definition) is 9. The minimum Gasteiger partial charge on any atom is -0.379 e. The average molecular weight is 698 g/mol. The Morgan fingerprint density at radius 2 is 1.82 bits per heavy atom. The number of rotatable bonds is 11. The standard InChI is InChI=1S/C33H39N7O2SSi.C3H8N2/c1-44(2,3)15-14-42-22-40-32-25(19-36-40)16-24(17-26(32)30-18-23-6-4-5-7-29(23)43-30)27-21-39(9-8-38-10-12-41-13-11-38)28-20-35-33(34)37-31(27)28;1-5(2)3-4/h4-7,16-21H,8-15,22H2,1-3H3,(H2,34,35,37);3-4H,1-2H3. The largest absolute Gasteiger partial charge is 0.379 e. The van der Waals surface area contributed by atoms with Crippen LogP contribution in [0, 0.1) is 5.41 Å². The fourth-order valence-electron chi connectivity index (χ4n) is 5.87. The maximum absolute atomic E-state index is 6.46. The first-order chi connectivity index (χ1) is 23.6. The lowest BCUT2D eigenvalue weighted by Gasteiger charge is -2.26. The lowest BCUT2D eigenvalue weighted by molar-refractivity contribution is 0.0365. The van der Waals surface area contributed by atoms with Crippen LogP contribution in [0.5, 0.6) is 0 Å². The first-order valence-electron chi connectivity index (χ1n) is 16.7. The van der Waals surface area contributed by atoms with E-state index in [2.05, 4.69) is 82.8 Å². The molecule has 0 unspecified atom stereocenters. The normalized spacial score (nSPS) is 14.0. The van der Waals surface area contributed by atoms with Gasteiger partial charge in [-0.1, -0.05) is 37.8 Å². The van der Waals surface area contributed by atoms with E-state index in [1.165, 1.54) is 21.3 Å². The van der Waals surface area contributed by atoms with Crippen molar-refractivity contribution in [1.82, 2.24) is 34.1 Å². The monoisotopic (exact) mass is 697 g/mol. The van der Waals surface area contributed by atoms with Crippen molar-refractivity contribution in [2.75, 3.05) is 59.3 Å². The van der Waals surface area contributed by atoms with Gasteiger partial charge in [-0.2, -0.15) is 5.10 Å². The maximum atomic E-state index is 6.46. The second-order valence-corrected chi connectivity index (χ2v) is 20.6. The fourth-order valence-corrected chi connectivity index (χ4v) is 7.71. The molecule has 1 saturated heterocycles. The molecule has 3 N–H and O–H groups in total. The van der Waals surface area contributed by atoms with Crippen molar-refractivity contribution in [2.45, 2.75) is 39.0 Å². The van der Waals surface area contributed by atoms with Gasteiger partial charge in [0.05, 0.1) is 43.0 Å². The number of nitrogen functional groups attached to an aromatic ring is 1. The van der Waals surface area contributed by atoms with Crippen molar-refractivity contribution in [3.8, 4) is 21.6 Å². The highest BCUT2D eigenvalue weighted by Gasteiger charge is 2.20. The van der Waals surface area contributed by atoms with E-state index in [-0.39, 0.29) is 5.95 Å². The van der Waals surface area contributed by atoms with Crippen LogP contribution >= 0.6 is 11.3 Å². The van der Waals surface area contributed by atoms with Gasteiger partial charge in [-0.15, -0.1) is 11.3 Å². The predicted molar refractivity (Wildman–Crippen MR) is 205 cm³/mol. The van der Waals surface area contributed by atoms with E-state index in [9.17, 15) is 0 Å². The maximum Gasteiger partial charge on any atom is 0.220 e. The van der Waals surface area contributed by atoms with Crippen LogP contribution in [0.2, 0.25) is 25.7 Å². The Balaban J connectivity index is 0.000000778. The Labute approximate surface area is 292 Å². The molecule has 1 aliphatic heterocycles. The molecule has 0 amide bonds. The molecule has 49 heavy (non-hydrogen) atoms. The van der Waals surface area contributed by atoms with Crippen LogP contribution in [0.15, 0.2) is 61.1 Å². The van der Waals surface area contributed by atoms with Gasteiger partial charge in [0.25, 0.3) is 0 Å². The third-order valence-corrected chi connectivity index (χ3v) is 11.5. The summed E-state index contributed by atoms with van der Waals surface area (Å²) in [6.07, 6.45) is 7.26. The first-order valence-corrected chi connectivity index (χ1v) is 21.3. The number of morpholine rings is 1. The van der Waals surface area contributed by atoms with E-state index >= 15 is 0 Å². The third kappa shape index (κ3) is 8.36. The van der Waals surface area contributed by atoms with E-state index in [0.717, 1.165) is 90.7 Å². The Hall–Kier alpha value is -4.14. The summed E-state index contributed by atoms with van der Waals surface area (Å²) in [6.45, 7) is 13.6. The Kier molecular flexibility index (Phi) is 10.7. The summed E-state index contributed by atoms with van der Waals surface area (Å²) >= 11 is 1.81. The van der Waals surface area contributed by atoms with Gasteiger partial charge >= 0.3 is 0 Å². The van der Waals surface area contributed by atoms with E-state index in [0.29, 0.717) is 6.73 Å². The molecule has 0 aliphatic carbocycles. The van der Waals surface area contributed by atoms with Crippen LogP contribution in [-0.4, -0.2) is 102 Å². The van der Waals surface area contributed by atoms with Gasteiger partial charge in [-0.3, -0.25) is 10.3 Å². The molecule has 0 spiro atoms. The fraction of sp³-hybridized carbons (Fsp3) is 0.389. The quantitative estimate of drug-likeness (QED) is 0.0663. The van der Waals surface area contributed by atoms with Crippen molar-refractivity contribution in [1.29, 1.82) is 5.41 Å². The lowest BCUT2D eigenvalue weighted by atomic mass is 10.0. The van der Waals surface area contributed by atoms with Crippen LogP contribution in [0.3, 0.4) is 0 Å². The molecule has 11 nitrogen and oxygen atoms in total. The molecular formula is C36H47N9O2SSi. The number of nitrogens with one attached hydrogen (secondary N) is 1. The third-order valence-electron chi connectivity index (χ3n) is 8.60. The van der Waals surface area contributed by atoms with E-state index in [4.69, 9.17) is 30.7 Å². The summed E-state index contributed by atoms with van der Waals surface area (Å²) in [5.41, 5.74) is 12.3. The second kappa shape index (κ2) is 15.2. The summed E-state index contributed by atoms with van der Waals surface area (Å²) < 4.78 is 17.3. The zero-order valence-electron chi connectivity index (χ0n) is 29.1. The molecule has 4 aromatic heterocycles. The number of anilines is 1. The number of fused-ring (bicyclic) bond motifs is 3. The lowest BCUT2D eigenvalue weighted by Crippen LogP contribution is -2.38. The number of nitrogens with two attached hydrogens (primary N) is 1. The van der Waals surface area contributed by atoms with Crippen LogP contribution in [0.4, 0.5) is 5.95 Å². The van der Waals surface area contributed by atoms with Gasteiger partial charge in [-0.05, 0) is 41.3 Å². The highest BCUT2D eigenvalue weighted by atomic mass is 32.1. The van der Waals surface area contributed by atoms with Gasteiger partial charge < -0.3 is 24.7 Å². The molecule has 13 heteroatoms. The SMILES string of the molecule is CN(C)C=N.C[Si](C)(C)CCOCn1ncc2cc(-c3cn(CCN4CCOCC4)c4cnc(N)nc34)cc(-c3cc4ccccc4s3)c21. The van der Waals surface area contributed by atoms with Crippen LogP contribution in [0.1, 0.15) is 0 Å². The zero-order valence-corrected chi connectivity index (χ0v) is 31.0. The minimum absolute atomic E-state index is 0.277. The van der Waals surface area contributed by atoms with Gasteiger partial charge in [0.1, 0.15) is 12.2 Å². The van der Waals surface area contributed by atoms with Crippen molar-refractivity contribution < 1.29 is 9.47 Å². The van der Waals surface area contributed by atoms with Crippen LogP contribution < -0.4 is 5.73 Å². The minimum atomic E-state index is -1.18. The van der Waals surface area contributed by atoms with Crippen molar-refractivity contribution in [3.63, 3.8) is 0 Å². The van der Waals surface area contributed by atoms with Gasteiger partial charge in [-0.25, -0.2) is 14.6 Å². The number of thiophene rings is 1. The summed E-state index contributed by atoms with van der Waals surface area (Å²) in [5.74, 6) is 0.277. The van der Waals surface area contributed by atoms with E-state index in [1.807, 2.05) is 31.2 Å². The van der Waals surface area contributed by atoms with Crippen LogP contribution in [-0.2, 0) is 22.7 Å². The molecule has 2 aromatic carbocycles. The topological polar surface area (TPSA) is 123 Å². The number of aromatic nitrogens is 5. The number of nitrogens with zero attached hydrogens (tertiary/aromatic N) is 7. The summed E-state index contributed by atoms with van der Waals surface area (Å²) in [7, 11) is 2.44. The molecule has 258 valence electrons. The molecule has 0 saturated carbocycles. The summed E-state index contributed by atoms with van der Waals surface area (Å²) in [4.78, 5) is 14.4. The second-order valence-electron chi connectivity index (χ2n) is 13.8. The first kappa shape index (κ1) is 34.7. The molecule has 1 aliphatic rings. The molecule has 7 rings (SSSR count). The number of ether oxygens (including phenoxy) is 2. The molecular weight excluding hydrogens is 651 g/mol. The van der Waals surface area contributed by atoms with Crippen molar-refractivity contribution >= 4 is 63.7 Å². The van der Waals surface area contributed by atoms with Crippen molar-refractivity contribution in [2.24, 2.45) is 0 Å². The van der Waals surface area contributed by atoms with Crippen LogP contribution in [0.25, 0.3) is 53.6 Å².